The number of urea groups is 1. The minimum atomic E-state index is 0.0694. The van der Waals surface area contributed by atoms with Crippen LogP contribution in [0.4, 0.5) is 4.79 Å². The first kappa shape index (κ1) is 16.7. The number of rotatable bonds is 4. The summed E-state index contributed by atoms with van der Waals surface area (Å²) in [5, 5.41) is 7.63. The molecule has 25 heavy (non-hydrogen) atoms. The molecule has 0 spiro atoms. The first-order valence-electron chi connectivity index (χ1n) is 9.60. The Bertz CT molecular complexity index is 711. The summed E-state index contributed by atoms with van der Waals surface area (Å²) in [5.41, 5.74) is 4.26. The lowest BCUT2D eigenvalue weighted by molar-refractivity contribution is -0.00812. The molecule has 2 amide bonds. The minimum absolute atomic E-state index is 0.0694. The molecule has 5 nitrogen and oxygen atoms in total. The van der Waals surface area contributed by atoms with Crippen LogP contribution < -0.4 is 5.32 Å². The fourth-order valence-electron chi connectivity index (χ4n) is 4.97. The van der Waals surface area contributed by atoms with E-state index in [0.717, 1.165) is 43.6 Å². The van der Waals surface area contributed by atoms with Gasteiger partial charge in [-0.15, -0.1) is 0 Å². The van der Waals surface area contributed by atoms with Crippen LogP contribution in [0.5, 0.6) is 0 Å². The van der Waals surface area contributed by atoms with E-state index >= 15 is 0 Å². The van der Waals surface area contributed by atoms with Gasteiger partial charge in [0.1, 0.15) is 0 Å². The van der Waals surface area contributed by atoms with Gasteiger partial charge in [0.15, 0.2) is 0 Å². The van der Waals surface area contributed by atoms with E-state index in [2.05, 4.69) is 48.0 Å². The largest absolute Gasteiger partial charge is 0.338 e. The molecule has 2 fully saturated rings. The van der Waals surface area contributed by atoms with E-state index in [1.807, 2.05) is 11.8 Å². The van der Waals surface area contributed by atoms with Gasteiger partial charge < -0.3 is 10.2 Å². The quantitative estimate of drug-likeness (QED) is 0.852. The maximum Gasteiger partial charge on any atom is 0.317 e. The zero-order valence-corrected chi connectivity index (χ0v) is 15.9. The summed E-state index contributed by atoms with van der Waals surface area (Å²) >= 11 is 0. The van der Waals surface area contributed by atoms with Gasteiger partial charge >= 0.3 is 6.03 Å². The molecule has 2 heterocycles. The number of hydrogen-bond donors (Lipinski definition) is 1. The molecule has 1 aliphatic heterocycles. The van der Waals surface area contributed by atoms with Crippen LogP contribution in [0.2, 0.25) is 0 Å². The number of allylic oxidation sites excluding steroid dienone is 1. The number of aromatic nitrogens is 2. The average Bonchev–Trinajstić information content (AvgIpc) is 2.84. The van der Waals surface area contributed by atoms with E-state index in [1.165, 1.54) is 18.5 Å². The molecule has 2 bridgehead atoms. The Morgan fingerprint density at radius 1 is 1.36 bits per heavy atom. The second-order valence-corrected chi connectivity index (χ2v) is 8.73. The number of hydrogen-bond acceptors (Lipinski definition) is 2. The molecule has 5 heteroatoms. The van der Waals surface area contributed by atoms with Crippen molar-refractivity contribution < 1.29 is 4.79 Å². The number of carbonyl (C=O) groups excluding carboxylic acids is 1. The summed E-state index contributed by atoms with van der Waals surface area (Å²) < 4.78 is 2.06. The molecule has 3 aliphatic carbocycles. The lowest BCUT2D eigenvalue weighted by Crippen LogP contribution is -2.55. The second kappa shape index (κ2) is 5.89. The molecular formula is C20H30N4O. The van der Waals surface area contributed by atoms with E-state index in [0.29, 0.717) is 11.5 Å². The second-order valence-electron chi connectivity index (χ2n) is 8.73. The molecule has 0 aromatic carbocycles. The molecular weight excluding hydrogens is 312 g/mol. The van der Waals surface area contributed by atoms with Crippen LogP contribution in [0.15, 0.2) is 17.7 Å². The van der Waals surface area contributed by atoms with Gasteiger partial charge in [0.2, 0.25) is 0 Å². The maximum atomic E-state index is 12.3. The SMILES string of the molecule is Cc1cc(C)n(C2CN(C(=O)NCCC3=CC[C@H]4C[C@@H]3C4(C)C)C2)n1. The highest BCUT2D eigenvalue weighted by Gasteiger charge is 2.50. The van der Waals surface area contributed by atoms with Crippen molar-refractivity contribution >= 4 is 6.03 Å². The van der Waals surface area contributed by atoms with Crippen molar-refractivity contribution in [1.29, 1.82) is 0 Å². The maximum absolute atomic E-state index is 12.3. The zero-order valence-electron chi connectivity index (χ0n) is 15.9. The fraction of sp³-hybridized carbons (Fsp3) is 0.700. The number of carbonyl (C=O) groups is 1. The smallest absolute Gasteiger partial charge is 0.317 e. The van der Waals surface area contributed by atoms with Crippen LogP contribution in [-0.2, 0) is 0 Å². The van der Waals surface area contributed by atoms with Crippen LogP contribution in [-0.4, -0.2) is 40.3 Å². The minimum Gasteiger partial charge on any atom is -0.338 e. The molecule has 1 saturated heterocycles. The van der Waals surface area contributed by atoms with Crippen LogP contribution in [0.25, 0.3) is 0 Å². The number of aryl methyl sites for hydroxylation is 2. The molecule has 1 aromatic rings. The van der Waals surface area contributed by atoms with E-state index in [-0.39, 0.29) is 6.03 Å². The molecule has 4 aliphatic rings. The summed E-state index contributed by atoms with van der Waals surface area (Å²) in [7, 11) is 0. The Hall–Kier alpha value is -1.78. The zero-order chi connectivity index (χ0) is 17.8. The molecule has 1 N–H and O–H groups in total. The lowest BCUT2D eigenvalue weighted by atomic mass is 9.48. The Morgan fingerprint density at radius 2 is 2.12 bits per heavy atom. The van der Waals surface area contributed by atoms with Crippen LogP contribution >= 0.6 is 0 Å². The van der Waals surface area contributed by atoms with Crippen molar-refractivity contribution in [3.63, 3.8) is 0 Å². The number of fused-ring (bicyclic) bond motifs is 1. The third kappa shape index (κ3) is 2.77. The summed E-state index contributed by atoms with van der Waals surface area (Å²) in [4.78, 5) is 14.2. The van der Waals surface area contributed by atoms with Gasteiger partial charge in [0, 0.05) is 25.3 Å². The van der Waals surface area contributed by atoms with Crippen LogP contribution in [0, 0.1) is 31.1 Å². The third-order valence-electron chi connectivity index (χ3n) is 6.81. The van der Waals surface area contributed by atoms with E-state index in [1.54, 1.807) is 5.57 Å². The molecule has 1 aromatic heterocycles. The van der Waals surface area contributed by atoms with Crippen molar-refractivity contribution in [3.05, 3.63) is 29.1 Å². The van der Waals surface area contributed by atoms with Crippen molar-refractivity contribution in [2.24, 2.45) is 17.3 Å². The van der Waals surface area contributed by atoms with Gasteiger partial charge in [-0.25, -0.2) is 4.79 Å². The standard InChI is InChI=1S/C20H30N4O/c1-13-9-14(2)24(22-13)17-11-23(12-17)19(25)21-8-7-15-5-6-16-10-18(15)20(16,3)4/h5,9,16-18H,6-8,10-12H2,1-4H3,(H,21,25)/t16-,18-/m0/s1. The highest BCUT2D eigenvalue weighted by molar-refractivity contribution is 5.75. The van der Waals surface area contributed by atoms with E-state index < -0.39 is 0 Å². The summed E-state index contributed by atoms with van der Waals surface area (Å²) in [6, 6.07) is 2.49. The predicted molar refractivity (Wildman–Crippen MR) is 98.4 cm³/mol. The van der Waals surface area contributed by atoms with E-state index in [4.69, 9.17) is 0 Å². The van der Waals surface area contributed by atoms with Gasteiger partial charge in [-0.05, 0) is 56.4 Å². The lowest BCUT2D eigenvalue weighted by Gasteiger charge is -2.56. The average molecular weight is 342 g/mol. The van der Waals surface area contributed by atoms with Crippen molar-refractivity contribution in [3.8, 4) is 0 Å². The Balaban J connectivity index is 1.22. The molecule has 2 atom stereocenters. The summed E-state index contributed by atoms with van der Waals surface area (Å²) in [6.45, 7) is 11.2. The van der Waals surface area contributed by atoms with Gasteiger partial charge in [0.05, 0.1) is 11.7 Å². The number of likely N-dealkylation sites (tertiary alicyclic amines) is 1. The van der Waals surface area contributed by atoms with Gasteiger partial charge in [-0.2, -0.15) is 5.10 Å². The third-order valence-corrected chi connectivity index (χ3v) is 6.81. The molecule has 0 unspecified atom stereocenters. The summed E-state index contributed by atoms with van der Waals surface area (Å²) in [6.07, 6.45) is 6.01. The highest BCUT2D eigenvalue weighted by atomic mass is 16.2. The normalized spacial score (nSPS) is 27.4. The van der Waals surface area contributed by atoms with Crippen molar-refractivity contribution in [2.75, 3.05) is 19.6 Å². The first-order chi connectivity index (χ1) is 11.9. The molecule has 0 radical (unpaired) electrons. The van der Waals surface area contributed by atoms with Gasteiger partial charge in [-0.3, -0.25) is 4.68 Å². The van der Waals surface area contributed by atoms with Crippen molar-refractivity contribution in [2.45, 2.75) is 53.0 Å². The molecule has 1 saturated carbocycles. The van der Waals surface area contributed by atoms with Crippen LogP contribution in [0.3, 0.4) is 0 Å². The number of nitrogens with one attached hydrogen (secondary N) is 1. The Morgan fingerprint density at radius 3 is 2.72 bits per heavy atom. The van der Waals surface area contributed by atoms with Crippen LogP contribution in [0.1, 0.15) is 50.5 Å². The van der Waals surface area contributed by atoms with Gasteiger partial charge in [0.25, 0.3) is 0 Å². The summed E-state index contributed by atoms with van der Waals surface area (Å²) in [5.74, 6) is 1.62. The monoisotopic (exact) mass is 342 g/mol. The molecule has 5 rings (SSSR count). The van der Waals surface area contributed by atoms with E-state index in [9.17, 15) is 4.79 Å². The molecule has 136 valence electrons. The predicted octanol–water partition coefficient (Wildman–Crippen LogP) is 3.45. The highest BCUT2D eigenvalue weighted by Crippen LogP contribution is 2.59. The first-order valence-corrected chi connectivity index (χ1v) is 9.60. The number of amides is 2. The topological polar surface area (TPSA) is 50.2 Å². The van der Waals surface area contributed by atoms with Gasteiger partial charge in [-0.1, -0.05) is 25.5 Å². The number of nitrogens with zero attached hydrogens (tertiary/aromatic N) is 3. The van der Waals surface area contributed by atoms with Crippen molar-refractivity contribution in [1.82, 2.24) is 20.0 Å². The Kier molecular flexibility index (Phi) is 3.93. The fourth-order valence-corrected chi connectivity index (χ4v) is 4.97. The Labute approximate surface area is 150 Å².